The molecule has 1 saturated heterocycles. The minimum atomic E-state index is -0.0942. The molecule has 1 aliphatic rings. The minimum absolute atomic E-state index is 0.0511. The van der Waals surface area contributed by atoms with E-state index in [1.54, 1.807) is 0 Å². The lowest BCUT2D eigenvalue weighted by Gasteiger charge is -2.27. The Balaban J connectivity index is 1.70. The van der Waals surface area contributed by atoms with Gasteiger partial charge in [0.25, 0.3) is 0 Å². The van der Waals surface area contributed by atoms with E-state index in [2.05, 4.69) is 12.6 Å². The van der Waals surface area contributed by atoms with Gasteiger partial charge in [-0.3, -0.25) is 4.79 Å². The maximum atomic E-state index is 11.5. The lowest BCUT2D eigenvalue weighted by molar-refractivity contribution is -0.156. The van der Waals surface area contributed by atoms with Crippen LogP contribution in [-0.2, 0) is 16.0 Å². The fraction of sp³-hybridized carbons (Fsp3) is 0.444. The summed E-state index contributed by atoms with van der Waals surface area (Å²) in [5, 5.41) is 8.75. The zero-order valence-electron chi connectivity index (χ0n) is 12.3. The minimum Gasteiger partial charge on any atom is -0.462 e. The van der Waals surface area contributed by atoms with Gasteiger partial charge in [0.05, 0.1) is 18.1 Å². The Kier molecular flexibility index (Phi) is 5.57. The number of carbonyl (C=O) groups is 1. The molecule has 0 spiro atoms. The number of allylic oxidation sites excluding steroid dienone is 1. The third kappa shape index (κ3) is 4.75. The monoisotopic (exact) mass is 283 g/mol. The molecule has 0 radical (unpaired) electrons. The molecular formula is C18H21NO2. The molecule has 0 bridgehead atoms. The molecule has 0 amide bonds. The second-order valence-electron chi connectivity index (χ2n) is 5.60. The third-order valence-electron chi connectivity index (χ3n) is 3.95. The highest BCUT2D eigenvalue weighted by Gasteiger charge is 2.26. The van der Waals surface area contributed by atoms with Gasteiger partial charge < -0.3 is 4.74 Å². The fourth-order valence-electron chi connectivity index (χ4n) is 2.72. The highest BCUT2D eigenvalue weighted by molar-refractivity contribution is 5.70. The molecule has 0 aromatic heterocycles. The van der Waals surface area contributed by atoms with Crippen LogP contribution in [0, 0.1) is 17.2 Å². The van der Waals surface area contributed by atoms with Crippen molar-refractivity contribution in [3.63, 3.8) is 0 Å². The molecule has 110 valence electrons. The van der Waals surface area contributed by atoms with Crippen molar-refractivity contribution in [2.24, 2.45) is 5.92 Å². The normalized spacial score (nSPS) is 21.4. The number of carbonyl (C=O) groups excluding carboxylic acids is 1. The van der Waals surface area contributed by atoms with Gasteiger partial charge >= 0.3 is 5.97 Å². The molecule has 1 aromatic carbocycles. The van der Waals surface area contributed by atoms with E-state index in [4.69, 9.17) is 10.00 Å². The Labute approximate surface area is 126 Å². The summed E-state index contributed by atoms with van der Waals surface area (Å²) in [6, 6.07) is 9.84. The Morgan fingerprint density at radius 3 is 2.76 bits per heavy atom. The molecule has 2 unspecified atom stereocenters. The standard InChI is InChI=1S/C18H21NO2/c1-2-14-11-17(21-18(20)12-14)6-4-3-5-15-7-9-16(13-19)10-8-15/h2,7-10,14,17H,1,3-6,11-12H2. The number of rotatable bonds is 6. The van der Waals surface area contributed by atoms with Crippen molar-refractivity contribution in [2.45, 2.75) is 44.6 Å². The molecule has 0 N–H and O–H groups in total. The summed E-state index contributed by atoms with van der Waals surface area (Å²) in [6.07, 6.45) is 7.33. The summed E-state index contributed by atoms with van der Waals surface area (Å²) in [5.41, 5.74) is 1.95. The van der Waals surface area contributed by atoms with Crippen LogP contribution in [0.2, 0.25) is 0 Å². The van der Waals surface area contributed by atoms with E-state index < -0.39 is 0 Å². The van der Waals surface area contributed by atoms with Gasteiger partial charge in [0, 0.05) is 0 Å². The van der Waals surface area contributed by atoms with E-state index in [0.29, 0.717) is 12.0 Å². The number of nitriles is 1. The number of ether oxygens (including phenoxy) is 1. The molecular weight excluding hydrogens is 262 g/mol. The highest BCUT2D eigenvalue weighted by atomic mass is 16.5. The van der Waals surface area contributed by atoms with E-state index in [-0.39, 0.29) is 18.0 Å². The number of hydrogen-bond acceptors (Lipinski definition) is 3. The molecule has 1 heterocycles. The lowest BCUT2D eigenvalue weighted by atomic mass is 9.92. The average Bonchev–Trinajstić information content (AvgIpc) is 2.51. The molecule has 0 saturated carbocycles. The van der Waals surface area contributed by atoms with Gasteiger partial charge in [-0.15, -0.1) is 6.58 Å². The van der Waals surface area contributed by atoms with Crippen molar-refractivity contribution in [3.05, 3.63) is 48.0 Å². The predicted octanol–water partition coefficient (Wildman–Crippen LogP) is 3.78. The largest absolute Gasteiger partial charge is 0.462 e. The average molecular weight is 283 g/mol. The van der Waals surface area contributed by atoms with Crippen LogP contribution >= 0.6 is 0 Å². The predicted molar refractivity (Wildman–Crippen MR) is 81.5 cm³/mol. The zero-order chi connectivity index (χ0) is 15.1. The molecule has 3 heteroatoms. The Morgan fingerprint density at radius 1 is 1.33 bits per heavy atom. The van der Waals surface area contributed by atoms with E-state index >= 15 is 0 Å². The number of aryl methyl sites for hydroxylation is 1. The van der Waals surface area contributed by atoms with Gasteiger partial charge in [0.2, 0.25) is 0 Å². The first kappa shape index (κ1) is 15.3. The third-order valence-corrected chi connectivity index (χ3v) is 3.95. The van der Waals surface area contributed by atoms with Crippen LogP contribution in [0.1, 0.15) is 43.2 Å². The Bertz CT molecular complexity index is 527. The van der Waals surface area contributed by atoms with Gasteiger partial charge in [0.1, 0.15) is 6.10 Å². The van der Waals surface area contributed by atoms with E-state index in [1.165, 1.54) is 5.56 Å². The molecule has 1 fully saturated rings. The van der Waals surface area contributed by atoms with Gasteiger partial charge in [-0.1, -0.05) is 18.2 Å². The second-order valence-corrected chi connectivity index (χ2v) is 5.60. The summed E-state index contributed by atoms with van der Waals surface area (Å²) in [5.74, 6) is 0.179. The maximum Gasteiger partial charge on any atom is 0.306 e. The van der Waals surface area contributed by atoms with Crippen LogP contribution in [0.15, 0.2) is 36.9 Å². The summed E-state index contributed by atoms with van der Waals surface area (Å²) < 4.78 is 5.38. The Hall–Kier alpha value is -2.08. The van der Waals surface area contributed by atoms with Gasteiger partial charge in [-0.05, 0) is 55.7 Å². The van der Waals surface area contributed by atoms with Gasteiger partial charge in [0.15, 0.2) is 0 Å². The fourth-order valence-corrected chi connectivity index (χ4v) is 2.72. The molecule has 2 atom stereocenters. The van der Waals surface area contributed by atoms with Crippen LogP contribution in [0.5, 0.6) is 0 Å². The summed E-state index contributed by atoms with van der Waals surface area (Å²) in [6.45, 7) is 3.77. The molecule has 1 aliphatic heterocycles. The van der Waals surface area contributed by atoms with Crippen molar-refractivity contribution in [3.8, 4) is 6.07 Å². The summed E-state index contributed by atoms with van der Waals surface area (Å²) in [4.78, 5) is 11.5. The molecule has 21 heavy (non-hydrogen) atoms. The quantitative estimate of drug-likeness (QED) is 0.453. The summed E-state index contributed by atoms with van der Waals surface area (Å²) in [7, 11) is 0. The SMILES string of the molecule is C=CC1CC(=O)OC(CCCCc2ccc(C#N)cc2)C1. The van der Waals surface area contributed by atoms with Crippen molar-refractivity contribution >= 4 is 5.97 Å². The number of hydrogen-bond donors (Lipinski definition) is 0. The number of nitrogens with zero attached hydrogens (tertiary/aromatic N) is 1. The highest BCUT2D eigenvalue weighted by Crippen LogP contribution is 2.25. The van der Waals surface area contributed by atoms with Crippen molar-refractivity contribution in [1.29, 1.82) is 5.26 Å². The Morgan fingerprint density at radius 2 is 2.10 bits per heavy atom. The van der Waals surface area contributed by atoms with Crippen LogP contribution in [0.25, 0.3) is 0 Å². The van der Waals surface area contributed by atoms with Crippen LogP contribution in [0.4, 0.5) is 0 Å². The van der Waals surface area contributed by atoms with Crippen LogP contribution in [-0.4, -0.2) is 12.1 Å². The van der Waals surface area contributed by atoms with Crippen LogP contribution in [0.3, 0.4) is 0 Å². The van der Waals surface area contributed by atoms with Gasteiger partial charge in [-0.25, -0.2) is 0 Å². The topological polar surface area (TPSA) is 50.1 Å². The van der Waals surface area contributed by atoms with E-state index in [0.717, 1.165) is 32.1 Å². The zero-order valence-corrected chi connectivity index (χ0v) is 12.3. The molecule has 1 aromatic rings. The lowest BCUT2D eigenvalue weighted by Crippen LogP contribution is -2.28. The number of cyclic esters (lactones) is 1. The van der Waals surface area contributed by atoms with Crippen molar-refractivity contribution in [2.75, 3.05) is 0 Å². The van der Waals surface area contributed by atoms with Crippen molar-refractivity contribution < 1.29 is 9.53 Å². The van der Waals surface area contributed by atoms with Crippen LogP contribution < -0.4 is 0 Å². The first-order chi connectivity index (χ1) is 10.2. The van der Waals surface area contributed by atoms with Gasteiger partial charge in [-0.2, -0.15) is 5.26 Å². The summed E-state index contributed by atoms with van der Waals surface area (Å²) >= 11 is 0. The number of unbranched alkanes of at least 4 members (excludes halogenated alkanes) is 1. The van der Waals surface area contributed by atoms with Crippen molar-refractivity contribution in [1.82, 2.24) is 0 Å². The second kappa shape index (κ2) is 7.64. The maximum absolute atomic E-state index is 11.5. The molecule has 0 aliphatic carbocycles. The number of benzene rings is 1. The first-order valence-electron chi connectivity index (χ1n) is 7.52. The molecule has 2 rings (SSSR count). The number of esters is 1. The smallest absolute Gasteiger partial charge is 0.306 e. The van der Waals surface area contributed by atoms with E-state index in [9.17, 15) is 4.79 Å². The molecule has 3 nitrogen and oxygen atoms in total. The van der Waals surface area contributed by atoms with E-state index in [1.807, 2.05) is 30.3 Å². The first-order valence-corrected chi connectivity index (χ1v) is 7.52.